The minimum Gasteiger partial charge on any atom is -0.506 e. The third-order valence-corrected chi connectivity index (χ3v) is 8.29. The average Bonchev–Trinajstić information content (AvgIpc) is 2.80. The fourth-order valence-corrected chi connectivity index (χ4v) is 6.77. The minimum absolute atomic E-state index is 0.162. The molecule has 0 aromatic heterocycles. The number of benzene rings is 4. The van der Waals surface area contributed by atoms with Gasteiger partial charge in [-0.25, -0.2) is 4.79 Å². The van der Waals surface area contributed by atoms with Crippen LogP contribution < -0.4 is 9.47 Å². The van der Waals surface area contributed by atoms with E-state index in [9.17, 15) is 9.90 Å². The van der Waals surface area contributed by atoms with Gasteiger partial charge in [0.2, 0.25) is 0 Å². The lowest BCUT2D eigenvalue weighted by Gasteiger charge is -2.10. The number of aromatic hydroxyl groups is 1. The Morgan fingerprint density at radius 1 is 0.656 bits per heavy atom. The van der Waals surface area contributed by atoms with Crippen LogP contribution >= 0.6 is 45.2 Å². The largest absolute Gasteiger partial charge is 0.519 e. The van der Waals surface area contributed by atoms with Crippen LogP contribution in [0.3, 0.4) is 0 Å². The van der Waals surface area contributed by atoms with Gasteiger partial charge < -0.3 is 14.6 Å². The molecule has 4 rings (SSSR count). The van der Waals surface area contributed by atoms with Gasteiger partial charge in [0.05, 0.1) is 18.0 Å². The van der Waals surface area contributed by atoms with Crippen molar-refractivity contribution in [3.05, 3.63) is 104 Å². The van der Waals surface area contributed by atoms with E-state index in [2.05, 4.69) is 24.3 Å². The van der Waals surface area contributed by atoms with Gasteiger partial charge in [0.25, 0.3) is 0 Å². The van der Waals surface area contributed by atoms with Crippen LogP contribution in [0.5, 0.6) is 17.2 Å². The molecule has 0 aliphatic heterocycles. The first-order valence-corrected chi connectivity index (χ1v) is 12.9. The first-order valence-electron chi connectivity index (χ1n) is 9.53. The van der Waals surface area contributed by atoms with Crippen molar-refractivity contribution in [3.8, 4) is 17.2 Å². The molecule has 0 fully saturated rings. The third-order valence-electron chi connectivity index (χ3n) is 4.41. The molecule has 0 spiro atoms. The topological polar surface area (TPSA) is 55.8 Å². The van der Waals surface area contributed by atoms with Gasteiger partial charge in [-0.3, -0.25) is 0 Å². The van der Waals surface area contributed by atoms with Crippen LogP contribution in [0.2, 0.25) is 0 Å². The summed E-state index contributed by atoms with van der Waals surface area (Å²) in [5, 5.41) is 9.85. The second-order valence-corrected chi connectivity index (χ2v) is 10.9. The van der Waals surface area contributed by atoms with Gasteiger partial charge in [0.15, 0.2) is 14.7 Å². The van der Waals surface area contributed by atoms with Gasteiger partial charge >= 0.3 is 6.16 Å². The first kappa shape index (κ1) is 22.9. The lowest BCUT2D eigenvalue weighted by atomic mass is 10.3. The number of hydrogen-bond acceptors (Lipinski definition) is 4. The Balaban J connectivity index is 1.52. The number of hydrogen-bond donors (Lipinski definition) is 1. The number of carbonyl (C=O) groups excluding carboxylic acids is 1. The van der Waals surface area contributed by atoms with E-state index in [1.165, 1.54) is 9.79 Å². The quantitative estimate of drug-likeness (QED) is 0.105. The number of ether oxygens (including phenoxy) is 2. The van der Waals surface area contributed by atoms with Crippen LogP contribution in [-0.4, -0.2) is 11.3 Å². The SMILES string of the molecule is O=C(Oc1ccc([S+](c2ccccc2)c2ccccc2)cc1)Oc1cc(I)c(O)c(I)c1. The molecule has 0 saturated heterocycles. The van der Waals surface area contributed by atoms with Crippen molar-refractivity contribution >= 4 is 62.2 Å². The zero-order valence-corrected chi connectivity index (χ0v) is 21.7. The maximum atomic E-state index is 12.2. The predicted octanol–water partition coefficient (Wildman–Crippen LogP) is 7.27. The molecule has 0 amide bonds. The number of halogens is 2. The first-order chi connectivity index (χ1) is 15.5. The van der Waals surface area contributed by atoms with Crippen LogP contribution in [0.25, 0.3) is 0 Å². The van der Waals surface area contributed by atoms with Crippen LogP contribution in [0.4, 0.5) is 4.79 Å². The molecule has 0 saturated carbocycles. The molecule has 0 aliphatic rings. The molecule has 160 valence electrons. The molecule has 32 heavy (non-hydrogen) atoms. The van der Waals surface area contributed by atoms with Crippen molar-refractivity contribution in [2.45, 2.75) is 14.7 Å². The summed E-state index contributed by atoms with van der Waals surface area (Å²) in [6, 6.07) is 31.3. The Bertz CT molecular complexity index is 1150. The predicted molar refractivity (Wildman–Crippen MR) is 142 cm³/mol. The highest BCUT2D eigenvalue weighted by Gasteiger charge is 2.28. The van der Waals surface area contributed by atoms with Crippen molar-refractivity contribution in [1.82, 2.24) is 0 Å². The van der Waals surface area contributed by atoms with Gasteiger partial charge in [0, 0.05) is 0 Å². The summed E-state index contributed by atoms with van der Waals surface area (Å²) >= 11 is 3.96. The second kappa shape index (κ2) is 10.6. The van der Waals surface area contributed by atoms with Crippen molar-refractivity contribution in [2.75, 3.05) is 0 Å². The molecule has 0 unspecified atom stereocenters. The molecular weight excluding hydrogens is 650 g/mol. The fourth-order valence-electron chi connectivity index (χ4n) is 2.98. The summed E-state index contributed by atoms with van der Waals surface area (Å²) in [6.07, 6.45) is -0.833. The van der Waals surface area contributed by atoms with Gasteiger partial charge in [0.1, 0.15) is 17.2 Å². The molecule has 0 heterocycles. The number of phenols is 1. The van der Waals surface area contributed by atoms with E-state index >= 15 is 0 Å². The second-order valence-electron chi connectivity index (χ2n) is 6.59. The molecule has 0 radical (unpaired) electrons. The zero-order chi connectivity index (χ0) is 22.5. The minimum atomic E-state index is -0.833. The molecule has 4 aromatic rings. The smallest absolute Gasteiger partial charge is 0.506 e. The van der Waals surface area contributed by atoms with Crippen molar-refractivity contribution in [1.29, 1.82) is 0 Å². The monoisotopic (exact) mass is 667 g/mol. The maximum Gasteiger partial charge on any atom is 0.519 e. The van der Waals surface area contributed by atoms with E-state index in [1.54, 1.807) is 24.3 Å². The Morgan fingerprint density at radius 3 is 1.59 bits per heavy atom. The third kappa shape index (κ3) is 5.57. The highest BCUT2D eigenvalue weighted by atomic mass is 127. The lowest BCUT2D eigenvalue weighted by molar-refractivity contribution is 0.151. The fraction of sp³-hybridized carbons (Fsp3) is 0. The van der Waals surface area contributed by atoms with E-state index in [1.807, 2.05) is 93.7 Å². The Labute approximate surface area is 216 Å². The molecule has 7 heteroatoms. The van der Waals surface area contributed by atoms with E-state index in [0.29, 0.717) is 18.6 Å². The standard InChI is InChI=1S/C25H16I2O4S/c26-22-15-18(16-23(27)24(22)28)31-25(29)30-17-11-13-21(14-12-17)32(19-7-3-1-4-8-19)20-9-5-2-6-10-20/h1-16H/p+1. The molecule has 4 aromatic carbocycles. The molecule has 4 nitrogen and oxygen atoms in total. The summed E-state index contributed by atoms with van der Waals surface area (Å²) in [6.45, 7) is 0. The van der Waals surface area contributed by atoms with Gasteiger partial charge in [-0.05, 0) is 106 Å². The number of phenolic OH excluding ortho intramolecular Hbond substituents is 1. The van der Waals surface area contributed by atoms with Gasteiger partial charge in [-0.15, -0.1) is 0 Å². The van der Waals surface area contributed by atoms with E-state index in [0.717, 1.165) is 4.90 Å². The highest BCUT2D eigenvalue weighted by molar-refractivity contribution is 14.1. The lowest BCUT2D eigenvalue weighted by Crippen LogP contribution is -2.14. The molecule has 0 aliphatic carbocycles. The van der Waals surface area contributed by atoms with Crippen LogP contribution in [-0.2, 0) is 10.9 Å². The molecular formula is C25H17I2O4S+. The Morgan fingerprint density at radius 2 is 1.09 bits per heavy atom. The average molecular weight is 667 g/mol. The molecule has 1 N–H and O–H groups in total. The normalized spacial score (nSPS) is 10.7. The van der Waals surface area contributed by atoms with E-state index < -0.39 is 6.16 Å². The Kier molecular flexibility index (Phi) is 7.59. The summed E-state index contributed by atoms with van der Waals surface area (Å²) in [5.74, 6) is 0.870. The highest BCUT2D eigenvalue weighted by Crippen LogP contribution is 2.33. The van der Waals surface area contributed by atoms with Gasteiger partial charge in [-0.1, -0.05) is 36.4 Å². The van der Waals surface area contributed by atoms with Crippen LogP contribution in [0.15, 0.2) is 112 Å². The molecule has 0 bridgehead atoms. The maximum absolute atomic E-state index is 12.2. The molecule has 0 atom stereocenters. The summed E-state index contributed by atoms with van der Waals surface area (Å²) in [7, 11) is -0.272. The van der Waals surface area contributed by atoms with Crippen LogP contribution in [0, 0.1) is 7.14 Å². The summed E-state index contributed by atoms with van der Waals surface area (Å²) in [4.78, 5) is 15.8. The van der Waals surface area contributed by atoms with Gasteiger partial charge in [-0.2, -0.15) is 0 Å². The Hall–Kier alpha value is -2.24. The summed E-state index contributed by atoms with van der Waals surface area (Å²) < 4.78 is 11.8. The van der Waals surface area contributed by atoms with Crippen molar-refractivity contribution in [2.24, 2.45) is 0 Å². The van der Waals surface area contributed by atoms with E-state index in [-0.39, 0.29) is 16.6 Å². The zero-order valence-electron chi connectivity index (χ0n) is 16.6. The number of carbonyl (C=O) groups is 1. The van der Waals surface area contributed by atoms with Crippen LogP contribution in [0.1, 0.15) is 0 Å². The number of rotatable bonds is 5. The summed E-state index contributed by atoms with van der Waals surface area (Å²) in [5.41, 5.74) is 0. The van der Waals surface area contributed by atoms with Crippen molar-refractivity contribution in [3.63, 3.8) is 0 Å². The van der Waals surface area contributed by atoms with Crippen molar-refractivity contribution < 1.29 is 19.4 Å². The van der Waals surface area contributed by atoms with E-state index in [4.69, 9.17) is 9.47 Å².